The smallest absolute Gasteiger partial charge is 0.224 e. The maximum absolute atomic E-state index is 11.3. The van der Waals surface area contributed by atoms with Gasteiger partial charge in [-0.25, -0.2) is 0 Å². The van der Waals surface area contributed by atoms with Crippen molar-refractivity contribution < 1.29 is 4.79 Å². The topological polar surface area (TPSA) is 55.1 Å². The third kappa shape index (κ3) is 2.67. The molecule has 17 heavy (non-hydrogen) atoms. The summed E-state index contributed by atoms with van der Waals surface area (Å²) < 4.78 is 0. The van der Waals surface area contributed by atoms with Crippen molar-refractivity contribution >= 4 is 5.91 Å². The maximum atomic E-state index is 11.3. The van der Waals surface area contributed by atoms with Crippen molar-refractivity contribution in [3.05, 3.63) is 35.4 Å². The highest BCUT2D eigenvalue weighted by molar-refractivity contribution is 5.81. The molecule has 0 radical (unpaired) electrons. The Morgan fingerprint density at radius 3 is 2.65 bits per heavy atom. The third-order valence-electron chi connectivity index (χ3n) is 3.62. The number of nitrogens with one attached hydrogen (secondary N) is 1. The van der Waals surface area contributed by atoms with E-state index in [0.717, 1.165) is 25.1 Å². The lowest BCUT2D eigenvalue weighted by molar-refractivity contribution is -0.119. The Kier molecular flexibility index (Phi) is 3.79. The lowest BCUT2D eigenvalue weighted by Gasteiger charge is -2.13. The monoisotopic (exact) mass is 232 g/mol. The van der Waals surface area contributed by atoms with Crippen LogP contribution in [0.4, 0.5) is 0 Å². The minimum Gasteiger partial charge on any atom is -0.369 e. The van der Waals surface area contributed by atoms with Crippen molar-refractivity contribution in [2.45, 2.75) is 31.6 Å². The van der Waals surface area contributed by atoms with Gasteiger partial charge in [-0.05, 0) is 36.4 Å². The van der Waals surface area contributed by atoms with Crippen LogP contribution in [0.1, 0.15) is 42.7 Å². The minimum absolute atomic E-state index is 0.147. The lowest BCUT2D eigenvalue weighted by atomic mass is 9.92. The molecular formula is C14H20N2O. The summed E-state index contributed by atoms with van der Waals surface area (Å²) in [4.78, 5) is 11.3. The molecule has 3 N–H and O–H groups in total. The number of carbonyl (C=O) groups is 1. The number of hydrogen-bond acceptors (Lipinski definition) is 2. The molecule has 0 aromatic heterocycles. The summed E-state index contributed by atoms with van der Waals surface area (Å²) in [7, 11) is 0. The number of nitrogens with two attached hydrogens (primary N) is 1. The van der Waals surface area contributed by atoms with Crippen molar-refractivity contribution in [3.63, 3.8) is 0 Å². The van der Waals surface area contributed by atoms with Gasteiger partial charge >= 0.3 is 0 Å². The third-order valence-corrected chi connectivity index (χ3v) is 3.62. The molecule has 1 aromatic rings. The summed E-state index contributed by atoms with van der Waals surface area (Å²) in [5.74, 6) is 0.242. The Hall–Kier alpha value is -1.35. The van der Waals surface area contributed by atoms with Crippen LogP contribution in [0.2, 0.25) is 0 Å². The molecule has 1 aliphatic heterocycles. The van der Waals surface area contributed by atoms with E-state index in [1.807, 2.05) is 19.1 Å². The van der Waals surface area contributed by atoms with Crippen molar-refractivity contribution in [1.82, 2.24) is 5.32 Å². The number of rotatable bonds is 4. The molecule has 1 amide bonds. The highest BCUT2D eigenvalue weighted by atomic mass is 16.1. The number of benzene rings is 1. The highest BCUT2D eigenvalue weighted by Gasteiger charge is 2.18. The zero-order valence-corrected chi connectivity index (χ0v) is 10.3. The molecule has 1 heterocycles. The van der Waals surface area contributed by atoms with E-state index in [-0.39, 0.29) is 11.8 Å². The first-order chi connectivity index (χ1) is 8.22. The molecule has 1 aromatic carbocycles. The zero-order chi connectivity index (χ0) is 12.3. The second-order valence-corrected chi connectivity index (χ2v) is 4.72. The van der Waals surface area contributed by atoms with Crippen LogP contribution in [-0.2, 0) is 4.79 Å². The second kappa shape index (κ2) is 5.32. The van der Waals surface area contributed by atoms with Crippen LogP contribution in [0.5, 0.6) is 0 Å². The number of amides is 1. The molecule has 3 nitrogen and oxygen atoms in total. The van der Waals surface area contributed by atoms with Crippen LogP contribution < -0.4 is 11.1 Å². The van der Waals surface area contributed by atoms with Gasteiger partial charge in [0.05, 0.1) is 5.92 Å². The summed E-state index contributed by atoms with van der Waals surface area (Å²) >= 11 is 0. The fourth-order valence-corrected chi connectivity index (χ4v) is 2.54. The molecule has 1 aliphatic rings. The van der Waals surface area contributed by atoms with E-state index in [1.165, 1.54) is 12.0 Å². The van der Waals surface area contributed by atoms with E-state index in [4.69, 9.17) is 5.73 Å². The zero-order valence-electron chi connectivity index (χ0n) is 10.3. The van der Waals surface area contributed by atoms with Gasteiger partial charge < -0.3 is 11.1 Å². The van der Waals surface area contributed by atoms with Gasteiger partial charge in [-0.3, -0.25) is 4.79 Å². The summed E-state index contributed by atoms with van der Waals surface area (Å²) in [6, 6.07) is 8.37. The molecule has 1 saturated heterocycles. The van der Waals surface area contributed by atoms with Crippen molar-refractivity contribution in [2.75, 3.05) is 13.1 Å². The molecule has 2 unspecified atom stereocenters. The fraction of sp³-hybridized carbons (Fsp3) is 0.500. The number of primary amides is 1. The van der Waals surface area contributed by atoms with E-state index in [1.54, 1.807) is 0 Å². The summed E-state index contributed by atoms with van der Waals surface area (Å²) in [6.07, 6.45) is 1.96. The average Bonchev–Trinajstić information content (AvgIpc) is 2.84. The van der Waals surface area contributed by atoms with Crippen LogP contribution in [-0.4, -0.2) is 19.0 Å². The van der Waals surface area contributed by atoms with Gasteiger partial charge in [0.1, 0.15) is 0 Å². The van der Waals surface area contributed by atoms with Gasteiger partial charge in [0.2, 0.25) is 5.91 Å². The summed E-state index contributed by atoms with van der Waals surface area (Å²) in [5, 5.41) is 3.36. The molecule has 0 spiro atoms. The van der Waals surface area contributed by atoms with Gasteiger partial charge in [0, 0.05) is 6.54 Å². The van der Waals surface area contributed by atoms with Crippen LogP contribution in [0, 0.1) is 0 Å². The largest absolute Gasteiger partial charge is 0.369 e. The van der Waals surface area contributed by atoms with Gasteiger partial charge in [-0.2, -0.15) is 0 Å². The first-order valence-corrected chi connectivity index (χ1v) is 6.32. The van der Waals surface area contributed by atoms with Gasteiger partial charge in [0.15, 0.2) is 0 Å². The first-order valence-electron chi connectivity index (χ1n) is 6.32. The quantitative estimate of drug-likeness (QED) is 0.831. The average molecular weight is 232 g/mol. The molecule has 0 aliphatic carbocycles. The van der Waals surface area contributed by atoms with Crippen LogP contribution >= 0.6 is 0 Å². The van der Waals surface area contributed by atoms with E-state index in [9.17, 15) is 4.79 Å². The van der Waals surface area contributed by atoms with Gasteiger partial charge in [0.25, 0.3) is 0 Å². The van der Waals surface area contributed by atoms with Crippen LogP contribution in [0.3, 0.4) is 0 Å². The van der Waals surface area contributed by atoms with E-state index in [0.29, 0.717) is 5.92 Å². The predicted octanol–water partition coefficient (Wildman–Crippen LogP) is 1.74. The van der Waals surface area contributed by atoms with Crippen molar-refractivity contribution in [2.24, 2.45) is 5.73 Å². The predicted molar refractivity (Wildman–Crippen MR) is 68.9 cm³/mol. The Balaban J connectivity index is 2.14. The SMILES string of the molecule is CCC(C(N)=O)c1ccc(C2CCNC2)cc1. The molecule has 2 rings (SSSR count). The summed E-state index contributed by atoms with van der Waals surface area (Å²) in [5.41, 5.74) is 7.79. The number of hydrogen-bond donors (Lipinski definition) is 2. The Bertz CT molecular complexity index is 380. The lowest BCUT2D eigenvalue weighted by Crippen LogP contribution is -2.20. The molecule has 0 bridgehead atoms. The Morgan fingerprint density at radius 1 is 1.47 bits per heavy atom. The highest BCUT2D eigenvalue weighted by Crippen LogP contribution is 2.25. The molecule has 1 fully saturated rings. The Morgan fingerprint density at radius 2 is 2.18 bits per heavy atom. The Labute approximate surface area is 102 Å². The molecule has 92 valence electrons. The van der Waals surface area contributed by atoms with Gasteiger partial charge in [-0.15, -0.1) is 0 Å². The van der Waals surface area contributed by atoms with E-state index >= 15 is 0 Å². The fourth-order valence-electron chi connectivity index (χ4n) is 2.54. The second-order valence-electron chi connectivity index (χ2n) is 4.72. The molecule has 2 atom stereocenters. The van der Waals surface area contributed by atoms with Gasteiger partial charge in [-0.1, -0.05) is 31.2 Å². The van der Waals surface area contributed by atoms with E-state index in [2.05, 4.69) is 17.4 Å². The minimum atomic E-state index is -0.234. The summed E-state index contributed by atoms with van der Waals surface area (Å²) in [6.45, 7) is 4.15. The normalized spacial score (nSPS) is 21.4. The van der Waals surface area contributed by atoms with Crippen LogP contribution in [0.15, 0.2) is 24.3 Å². The van der Waals surface area contributed by atoms with Crippen molar-refractivity contribution in [3.8, 4) is 0 Å². The maximum Gasteiger partial charge on any atom is 0.224 e. The number of carbonyl (C=O) groups excluding carboxylic acids is 1. The molecule has 3 heteroatoms. The standard InChI is InChI=1S/C14H20N2O/c1-2-13(14(15)17)11-5-3-10(4-6-11)12-7-8-16-9-12/h3-6,12-13,16H,2,7-9H2,1H3,(H2,15,17). The molecule has 0 saturated carbocycles. The van der Waals surface area contributed by atoms with Crippen LogP contribution in [0.25, 0.3) is 0 Å². The van der Waals surface area contributed by atoms with Crippen molar-refractivity contribution in [1.29, 1.82) is 0 Å². The first kappa shape index (κ1) is 12.1. The van der Waals surface area contributed by atoms with E-state index < -0.39 is 0 Å². The molecular weight excluding hydrogens is 212 g/mol.